The first kappa shape index (κ1) is 12.2. The maximum absolute atomic E-state index is 11.8. The van der Waals surface area contributed by atoms with Crippen molar-refractivity contribution in [1.29, 1.82) is 0 Å². The van der Waals surface area contributed by atoms with Gasteiger partial charge in [0.25, 0.3) is 0 Å². The van der Waals surface area contributed by atoms with Crippen molar-refractivity contribution in [3.63, 3.8) is 0 Å². The van der Waals surface area contributed by atoms with Gasteiger partial charge >= 0.3 is 5.97 Å². The monoisotopic (exact) mass is 254 g/mol. The van der Waals surface area contributed by atoms with Crippen LogP contribution < -0.4 is 4.74 Å². The average molecular weight is 255 g/mol. The van der Waals surface area contributed by atoms with Crippen LogP contribution in [-0.2, 0) is 9.53 Å². The highest BCUT2D eigenvalue weighted by Gasteiger charge is 2.39. The zero-order chi connectivity index (χ0) is 12.4. The summed E-state index contributed by atoms with van der Waals surface area (Å²) < 4.78 is 10.0. The molecule has 17 heavy (non-hydrogen) atoms. The van der Waals surface area contributed by atoms with Crippen LogP contribution >= 0.6 is 11.6 Å². The van der Waals surface area contributed by atoms with Crippen molar-refractivity contribution >= 4 is 17.6 Å². The molecule has 3 nitrogen and oxygen atoms in total. The van der Waals surface area contributed by atoms with Gasteiger partial charge in [-0.25, -0.2) is 0 Å². The number of carbonyl (C=O) groups excluding carboxylic acids is 1. The Balaban J connectivity index is 2.37. The fourth-order valence-corrected chi connectivity index (χ4v) is 2.25. The van der Waals surface area contributed by atoms with Gasteiger partial charge in [0.2, 0.25) is 0 Å². The number of hydrogen-bond donors (Lipinski definition) is 0. The third-order valence-corrected chi connectivity index (χ3v) is 3.43. The topological polar surface area (TPSA) is 35.5 Å². The Bertz CT molecular complexity index is 427. The summed E-state index contributed by atoms with van der Waals surface area (Å²) >= 11 is 6.16. The minimum atomic E-state index is -0.261. The Kier molecular flexibility index (Phi) is 3.57. The summed E-state index contributed by atoms with van der Waals surface area (Å²) in [5, 5.41) is 0.591. The summed E-state index contributed by atoms with van der Waals surface area (Å²) in [6.45, 7) is 0. The van der Waals surface area contributed by atoms with Crippen LogP contribution in [0.15, 0.2) is 18.2 Å². The average Bonchev–Trinajstić information content (AvgIpc) is 3.16. The molecule has 1 fully saturated rings. The van der Waals surface area contributed by atoms with E-state index in [1.807, 2.05) is 6.07 Å². The van der Waals surface area contributed by atoms with E-state index in [4.69, 9.17) is 21.1 Å². The van der Waals surface area contributed by atoms with Gasteiger partial charge in [-0.3, -0.25) is 4.79 Å². The van der Waals surface area contributed by atoms with Crippen molar-refractivity contribution in [2.24, 2.45) is 5.92 Å². The van der Waals surface area contributed by atoms with Gasteiger partial charge in [-0.05, 0) is 42.5 Å². The summed E-state index contributed by atoms with van der Waals surface area (Å²) in [6, 6.07) is 5.36. The number of esters is 1. The number of benzene rings is 1. The normalized spacial score (nSPS) is 16.4. The second kappa shape index (κ2) is 4.96. The molecule has 4 heteroatoms. The van der Waals surface area contributed by atoms with E-state index in [2.05, 4.69) is 0 Å². The van der Waals surface area contributed by atoms with Crippen LogP contribution in [0.3, 0.4) is 0 Å². The standard InChI is InChI=1S/C13H15ClO3/c1-16-9-5-6-11(14)10(7-9)12(8-3-4-8)13(15)17-2/h5-8,12H,3-4H2,1-2H3. The van der Waals surface area contributed by atoms with E-state index < -0.39 is 0 Å². The van der Waals surface area contributed by atoms with Gasteiger partial charge in [0.15, 0.2) is 0 Å². The van der Waals surface area contributed by atoms with Crippen molar-refractivity contribution in [3.8, 4) is 5.75 Å². The second-order valence-corrected chi connectivity index (χ2v) is 4.63. The Morgan fingerprint density at radius 2 is 2.12 bits per heavy atom. The van der Waals surface area contributed by atoms with Gasteiger partial charge in [-0.1, -0.05) is 11.6 Å². The minimum absolute atomic E-state index is 0.220. The van der Waals surface area contributed by atoms with E-state index in [-0.39, 0.29) is 11.9 Å². The predicted octanol–water partition coefficient (Wildman–Crippen LogP) is 3.02. The Morgan fingerprint density at radius 3 is 2.65 bits per heavy atom. The molecule has 1 saturated carbocycles. The van der Waals surface area contributed by atoms with E-state index in [1.54, 1.807) is 19.2 Å². The van der Waals surface area contributed by atoms with Gasteiger partial charge in [-0.2, -0.15) is 0 Å². The summed E-state index contributed by atoms with van der Waals surface area (Å²) in [5.41, 5.74) is 0.806. The van der Waals surface area contributed by atoms with Crippen molar-refractivity contribution < 1.29 is 14.3 Å². The summed E-state index contributed by atoms with van der Waals surface area (Å²) in [4.78, 5) is 11.8. The molecule has 1 unspecified atom stereocenters. The lowest BCUT2D eigenvalue weighted by Gasteiger charge is -2.16. The lowest BCUT2D eigenvalue weighted by atomic mass is 9.94. The zero-order valence-electron chi connectivity index (χ0n) is 9.90. The first-order valence-corrected chi connectivity index (χ1v) is 5.96. The predicted molar refractivity (Wildman–Crippen MR) is 65.5 cm³/mol. The van der Waals surface area contributed by atoms with Crippen LogP contribution in [0.5, 0.6) is 5.75 Å². The molecule has 0 N–H and O–H groups in total. The van der Waals surface area contributed by atoms with Crippen molar-refractivity contribution in [2.75, 3.05) is 14.2 Å². The molecule has 0 radical (unpaired) electrons. The van der Waals surface area contributed by atoms with E-state index in [1.165, 1.54) is 7.11 Å². The van der Waals surface area contributed by atoms with Crippen LogP contribution in [-0.4, -0.2) is 20.2 Å². The second-order valence-electron chi connectivity index (χ2n) is 4.23. The number of rotatable bonds is 4. The van der Waals surface area contributed by atoms with Gasteiger partial charge < -0.3 is 9.47 Å². The first-order valence-electron chi connectivity index (χ1n) is 5.58. The lowest BCUT2D eigenvalue weighted by Crippen LogP contribution is -2.16. The molecular weight excluding hydrogens is 240 g/mol. The largest absolute Gasteiger partial charge is 0.497 e. The third-order valence-electron chi connectivity index (χ3n) is 3.09. The van der Waals surface area contributed by atoms with Crippen LogP contribution in [0.25, 0.3) is 0 Å². The zero-order valence-corrected chi connectivity index (χ0v) is 10.7. The molecule has 0 spiro atoms. The van der Waals surface area contributed by atoms with E-state index >= 15 is 0 Å². The molecule has 0 amide bonds. The molecule has 0 heterocycles. The summed E-state index contributed by atoms with van der Waals surface area (Å²) in [5.74, 6) is 0.580. The van der Waals surface area contributed by atoms with Gasteiger partial charge in [0.1, 0.15) is 5.75 Å². The Labute approximate surface area is 106 Å². The molecule has 1 atom stereocenters. The molecule has 92 valence electrons. The van der Waals surface area contributed by atoms with Crippen LogP contribution in [0.1, 0.15) is 24.3 Å². The maximum Gasteiger partial charge on any atom is 0.313 e. The van der Waals surface area contributed by atoms with E-state index in [9.17, 15) is 4.79 Å². The number of hydrogen-bond acceptors (Lipinski definition) is 3. The van der Waals surface area contributed by atoms with Crippen LogP contribution in [0.4, 0.5) is 0 Å². The lowest BCUT2D eigenvalue weighted by molar-refractivity contribution is -0.143. The van der Waals surface area contributed by atoms with E-state index in [0.717, 1.165) is 18.4 Å². The van der Waals surface area contributed by atoms with Gasteiger partial charge in [-0.15, -0.1) is 0 Å². The van der Waals surface area contributed by atoms with Crippen molar-refractivity contribution in [1.82, 2.24) is 0 Å². The molecule has 1 aromatic carbocycles. The smallest absolute Gasteiger partial charge is 0.313 e. The number of ether oxygens (including phenoxy) is 2. The molecular formula is C13H15ClO3. The SMILES string of the molecule is COC(=O)C(c1cc(OC)ccc1Cl)C1CC1. The fraction of sp³-hybridized carbons (Fsp3) is 0.462. The highest BCUT2D eigenvalue weighted by Crippen LogP contribution is 2.45. The molecule has 0 aromatic heterocycles. The molecule has 1 aliphatic carbocycles. The third kappa shape index (κ3) is 2.55. The molecule has 0 saturated heterocycles. The van der Waals surface area contributed by atoms with Crippen molar-refractivity contribution in [2.45, 2.75) is 18.8 Å². The Morgan fingerprint density at radius 1 is 1.41 bits per heavy atom. The molecule has 1 aromatic rings. The number of halogens is 1. The summed E-state index contributed by atoms with van der Waals surface area (Å²) in [7, 11) is 3.00. The first-order chi connectivity index (χ1) is 8.17. The van der Waals surface area contributed by atoms with Gasteiger partial charge in [0.05, 0.1) is 20.1 Å². The van der Waals surface area contributed by atoms with E-state index in [0.29, 0.717) is 16.7 Å². The molecule has 0 aliphatic heterocycles. The Hall–Kier alpha value is -1.22. The summed E-state index contributed by atoms with van der Waals surface area (Å²) in [6.07, 6.45) is 2.10. The molecule has 1 aliphatic rings. The van der Waals surface area contributed by atoms with Crippen LogP contribution in [0, 0.1) is 5.92 Å². The number of carbonyl (C=O) groups is 1. The highest BCUT2D eigenvalue weighted by molar-refractivity contribution is 6.31. The van der Waals surface area contributed by atoms with Crippen molar-refractivity contribution in [3.05, 3.63) is 28.8 Å². The quantitative estimate of drug-likeness (QED) is 0.775. The fourth-order valence-electron chi connectivity index (χ4n) is 2.02. The molecule has 0 bridgehead atoms. The number of methoxy groups -OCH3 is 2. The maximum atomic E-state index is 11.8. The molecule has 2 rings (SSSR count). The van der Waals surface area contributed by atoms with Crippen LogP contribution in [0.2, 0.25) is 5.02 Å². The highest BCUT2D eigenvalue weighted by atomic mass is 35.5. The minimum Gasteiger partial charge on any atom is -0.497 e. The van der Waals surface area contributed by atoms with Gasteiger partial charge in [0, 0.05) is 5.02 Å².